The molecule has 0 spiro atoms. The van der Waals surface area contributed by atoms with Crippen molar-refractivity contribution in [3.63, 3.8) is 0 Å². The number of nitrogens with one attached hydrogen (secondary N) is 1. The van der Waals surface area contributed by atoms with E-state index < -0.39 is 0 Å². The number of thiophene rings is 1. The largest absolute Gasteiger partial charge is 0.352 e. The van der Waals surface area contributed by atoms with Crippen LogP contribution in [0, 0.1) is 5.92 Å². The van der Waals surface area contributed by atoms with E-state index in [4.69, 9.17) is 0 Å². The lowest BCUT2D eigenvalue weighted by Crippen LogP contribution is -2.49. The average molecular weight is 320 g/mol. The van der Waals surface area contributed by atoms with Crippen molar-refractivity contribution in [2.45, 2.75) is 57.5 Å². The van der Waals surface area contributed by atoms with E-state index >= 15 is 0 Å². The van der Waals surface area contributed by atoms with E-state index in [1.54, 1.807) is 4.90 Å². The zero-order valence-corrected chi connectivity index (χ0v) is 13.9. The maximum atomic E-state index is 12.6. The molecule has 4 nitrogen and oxygen atoms in total. The second-order valence-electron chi connectivity index (χ2n) is 6.60. The summed E-state index contributed by atoms with van der Waals surface area (Å²) in [6, 6.07) is 3.73. The number of likely N-dealkylation sites (tertiary alicyclic amines) is 1. The van der Waals surface area contributed by atoms with Gasteiger partial charge in [-0.25, -0.2) is 0 Å². The minimum absolute atomic E-state index is 0.00455. The number of rotatable bonds is 3. The van der Waals surface area contributed by atoms with Crippen LogP contribution in [0.1, 0.15) is 55.1 Å². The fourth-order valence-corrected chi connectivity index (χ4v) is 4.20. The van der Waals surface area contributed by atoms with Gasteiger partial charge in [-0.15, -0.1) is 11.3 Å². The summed E-state index contributed by atoms with van der Waals surface area (Å²) in [5, 5.41) is 5.09. The predicted molar refractivity (Wildman–Crippen MR) is 87.9 cm³/mol. The standard InChI is InChI=1S/C17H24N2O2S/c1-12-6-8-13(9-7-12)18-16(20)14-4-2-10-19(14)17(21)15-5-3-11-22-15/h3,5,11-14H,2,4,6-10H2,1H3,(H,18,20)/t12?,13?,14-/m0/s1. The van der Waals surface area contributed by atoms with Gasteiger partial charge in [-0.1, -0.05) is 13.0 Å². The summed E-state index contributed by atoms with van der Waals surface area (Å²) in [4.78, 5) is 27.6. The molecule has 1 saturated carbocycles. The smallest absolute Gasteiger partial charge is 0.264 e. The highest BCUT2D eigenvalue weighted by Gasteiger charge is 2.35. The first-order chi connectivity index (χ1) is 10.6. The highest BCUT2D eigenvalue weighted by molar-refractivity contribution is 7.12. The Labute approximate surface area is 135 Å². The minimum atomic E-state index is -0.283. The Bertz CT molecular complexity index is 521. The van der Waals surface area contributed by atoms with E-state index in [1.807, 2.05) is 17.5 Å². The van der Waals surface area contributed by atoms with Gasteiger partial charge in [0.15, 0.2) is 0 Å². The van der Waals surface area contributed by atoms with Crippen LogP contribution in [0.5, 0.6) is 0 Å². The number of carbonyl (C=O) groups excluding carboxylic acids is 2. The van der Waals surface area contributed by atoms with Gasteiger partial charge in [-0.05, 0) is 55.9 Å². The van der Waals surface area contributed by atoms with Crippen LogP contribution >= 0.6 is 11.3 Å². The van der Waals surface area contributed by atoms with Gasteiger partial charge < -0.3 is 10.2 Å². The predicted octanol–water partition coefficient (Wildman–Crippen LogP) is 3.05. The molecule has 2 amide bonds. The molecule has 1 N–H and O–H groups in total. The maximum Gasteiger partial charge on any atom is 0.264 e. The van der Waals surface area contributed by atoms with Crippen LogP contribution in [-0.2, 0) is 4.79 Å². The lowest BCUT2D eigenvalue weighted by Gasteiger charge is -2.30. The molecule has 22 heavy (non-hydrogen) atoms. The third-order valence-electron chi connectivity index (χ3n) is 4.91. The van der Waals surface area contributed by atoms with Crippen molar-refractivity contribution >= 4 is 23.2 Å². The topological polar surface area (TPSA) is 49.4 Å². The molecule has 0 unspecified atom stereocenters. The third-order valence-corrected chi connectivity index (χ3v) is 5.77. The van der Waals surface area contributed by atoms with Crippen molar-refractivity contribution in [2.75, 3.05) is 6.54 Å². The summed E-state index contributed by atoms with van der Waals surface area (Å²) in [5.41, 5.74) is 0. The zero-order valence-electron chi connectivity index (χ0n) is 13.1. The van der Waals surface area contributed by atoms with Gasteiger partial charge in [-0.2, -0.15) is 0 Å². The zero-order chi connectivity index (χ0) is 15.5. The highest BCUT2D eigenvalue weighted by atomic mass is 32.1. The molecular weight excluding hydrogens is 296 g/mol. The van der Waals surface area contributed by atoms with Crippen LogP contribution in [0.4, 0.5) is 0 Å². The average Bonchev–Trinajstić information content (AvgIpc) is 3.20. The number of hydrogen-bond acceptors (Lipinski definition) is 3. The molecule has 1 aromatic heterocycles. The Kier molecular flexibility index (Phi) is 4.81. The van der Waals surface area contributed by atoms with E-state index in [9.17, 15) is 9.59 Å². The molecule has 2 fully saturated rings. The molecule has 120 valence electrons. The summed E-state index contributed by atoms with van der Waals surface area (Å²) >= 11 is 1.44. The lowest BCUT2D eigenvalue weighted by molar-refractivity contribution is -0.125. The fourth-order valence-electron chi connectivity index (χ4n) is 3.53. The van der Waals surface area contributed by atoms with Crippen molar-refractivity contribution in [1.29, 1.82) is 0 Å². The third kappa shape index (κ3) is 3.35. The molecular formula is C17H24N2O2S. The first-order valence-electron chi connectivity index (χ1n) is 8.30. The summed E-state index contributed by atoms with van der Waals surface area (Å²) < 4.78 is 0. The van der Waals surface area contributed by atoms with Crippen LogP contribution in [0.3, 0.4) is 0 Å². The number of carbonyl (C=O) groups is 2. The van der Waals surface area contributed by atoms with Gasteiger partial charge in [0.25, 0.3) is 5.91 Å². The normalized spacial score (nSPS) is 28.6. The molecule has 5 heteroatoms. The van der Waals surface area contributed by atoms with Crippen LogP contribution in [0.25, 0.3) is 0 Å². The number of amides is 2. The molecule has 3 rings (SSSR count). The van der Waals surface area contributed by atoms with Gasteiger partial charge in [0.1, 0.15) is 6.04 Å². The molecule has 1 aliphatic heterocycles. The molecule has 2 heterocycles. The fraction of sp³-hybridized carbons (Fsp3) is 0.647. The van der Waals surface area contributed by atoms with Crippen molar-refractivity contribution < 1.29 is 9.59 Å². The Hall–Kier alpha value is -1.36. The van der Waals surface area contributed by atoms with Crippen LogP contribution < -0.4 is 5.32 Å². The quantitative estimate of drug-likeness (QED) is 0.930. The number of hydrogen-bond donors (Lipinski definition) is 1. The Morgan fingerprint density at radius 1 is 1.23 bits per heavy atom. The van der Waals surface area contributed by atoms with Crippen molar-refractivity contribution in [3.05, 3.63) is 22.4 Å². The van der Waals surface area contributed by atoms with E-state index in [0.717, 1.165) is 36.5 Å². The molecule has 1 atom stereocenters. The Morgan fingerprint density at radius 2 is 2.00 bits per heavy atom. The maximum absolute atomic E-state index is 12.6. The van der Waals surface area contributed by atoms with E-state index in [-0.39, 0.29) is 17.9 Å². The summed E-state index contributed by atoms with van der Waals surface area (Å²) in [5.74, 6) is 0.823. The molecule has 0 radical (unpaired) electrons. The molecule has 1 saturated heterocycles. The van der Waals surface area contributed by atoms with Gasteiger partial charge in [-0.3, -0.25) is 9.59 Å². The second kappa shape index (κ2) is 6.82. The molecule has 0 bridgehead atoms. The highest BCUT2D eigenvalue weighted by Crippen LogP contribution is 2.25. The van der Waals surface area contributed by atoms with Gasteiger partial charge in [0, 0.05) is 12.6 Å². The van der Waals surface area contributed by atoms with Crippen LogP contribution in [-0.4, -0.2) is 35.3 Å². The molecule has 2 aliphatic rings. The second-order valence-corrected chi connectivity index (χ2v) is 7.55. The lowest BCUT2D eigenvalue weighted by atomic mass is 9.87. The summed E-state index contributed by atoms with van der Waals surface area (Å²) in [6.07, 6.45) is 6.21. The monoisotopic (exact) mass is 320 g/mol. The summed E-state index contributed by atoms with van der Waals surface area (Å²) in [6.45, 7) is 2.97. The molecule has 1 aromatic rings. The van der Waals surface area contributed by atoms with E-state index in [2.05, 4.69) is 12.2 Å². The van der Waals surface area contributed by atoms with Crippen molar-refractivity contribution in [2.24, 2.45) is 5.92 Å². The molecule has 1 aliphatic carbocycles. The summed E-state index contributed by atoms with van der Waals surface area (Å²) in [7, 11) is 0. The van der Waals surface area contributed by atoms with Crippen LogP contribution in [0.2, 0.25) is 0 Å². The van der Waals surface area contributed by atoms with Crippen molar-refractivity contribution in [1.82, 2.24) is 10.2 Å². The Morgan fingerprint density at radius 3 is 2.68 bits per heavy atom. The van der Waals surface area contributed by atoms with Gasteiger partial charge >= 0.3 is 0 Å². The molecule has 0 aromatic carbocycles. The van der Waals surface area contributed by atoms with Gasteiger partial charge in [0.05, 0.1) is 4.88 Å². The van der Waals surface area contributed by atoms with E-state index in [1.165, 1.54) is 24.2 Å². The SMILES string of the molecule is CC1CCC(NC(=O)[C@@H]2CCCN2C(=O)c2cccs2)CC1. The number of nitrogens with zero attached hydrogens (tertiary/aromatic N) is 1. The first-order valence-corrected chi connectivity index (χ1v) is 9.18. The first kappa shape index (κ1) is 15.5. The Balaban J connectivity index is 1.60. The van der Waals surface area contributed by atoms with Crippen molar-refractivity contribution in [3.8, 4) is 0 Å². The van der Waals surface area contributed by atoms with E-state index in [0.29, 0.717) is 12.6 Å². The van der Waals surface area contributed by atoms with Gasteiger partial charge in [0.2, 0.25) is 5.91 Å². The van der Waals surface area contributed by atoms with Crippen LogP contribution in [0.15, 0.2) is 17.5 Å². The minimum Gasteiger partial charge on any atom is -0.352 e.